The minimum atomic E-state index is 0. The largest absolute Gasteiger partial charge is 0.491 e. The Labute approximate surface area is 206 Å². The van der Waals surface area contributed by atoms with Crippen molar-refractivity contribution < 1.29 is 9.47 Å². The summed E-state index contributed by atoms with van der Waals surface area (Å²) in [6, 6.07) is 16.5. The van der Waals surface area contributed by atoms with Gasteiger partial charge in [0.2, 0.25) is 0 Å². The molecular weight excluding hydrogens is 515 g/mol. The Hall–Kier alpha value is -2.39. The predicted octanol–water partition coefficient (Wildman–Crippen LogP) is 4.58. The van der Waals surface area contributed by atoms with Crippen LogP contribution in [0.25, 0.3) is 10.9 Å². The molecule has 0 radical (unpaired) electrons. The van der Waals surface area contributed by atoms with Crippen molar-refractivity contribution in [2.45, 2.75) is 39.0 Å². The number of ether oxygens (including phenoxy) is 2. The number of aromatic nitrogens is 1. The monoisotopic (exact) mass is 546 g/mol. The van der Waals surface area contributed by atoms with Crippen molar-refractivity contribution in [2.75, 3.05) is 20.3 Å². The van der Waals surface area contributed by atoms with Gasteiger partial charge in [-0.15, -0.1) is 24.0 Å². The zero-order chi connectivity index (χ0) is 21.5. The van der Waals surface area contributed by atoms with Gasteiger partial charge in [-0.3, -0.25) is 9.98 Å². The predicted molar refractivity (Wildman–Crippen MR) is 140 cm³/mol. The van der Waals surface area contributed by atoms with Crippen molar-refractivity contribution in [3.8, 4) is 5.75 Å². The maximum atomic E-state index is 6.11. The van der Waals surface area contributed by atoms with Crippen LogP contribution < -0.4 is 15.4 Å². The molecule has 1 aliphatic rings. The lowest BCUT2D eigenvalue weighted by molar-refractivity contribution is 0.0676. The Bertz CT molecular complexity index is 1050. The molecule has 0 amide bonds. The maximum Gasteiger partial charge on any atom is 0.191 e. The van der Waals surface area contributed by atoms with Crippen LogP contribution in [-0.4, -0.2) is 37.3 Å². The molecule has 170 valence electrons. The van der Waals surface area contributed by atoms with Crippen molar-refractivity contribution in [3.05, 3.63) is 71.4 Å². The summed E-state index contributed by atoms with van der Waals surface area (Å²) in [6.45, 7) is 4.80. The van der Waals surface area contributed by atoms with Gasteiger partial charge in [0.25, 0.3) is 0 Å². The Morgan fingerprint density at radius 3 is 2.72 bits per heavy atom. The number of aliphatic imine (C=N–C) groups is 1. The lowest BCUT2D eigenvalue weighted by Gasteiger charge is -2.17. The number of hydrogen-bond acceptors (Lipinski definition) is 4. The minimum Gasteiger partial charge on any atom is -0.491 e. The van der Waals surface area contributed by atoms with E-state index in [2.05, 4.69) is 51.8 Å². The maximum absolute atomic E-state index is 6.11. The average Bonchev–Trinajstić information content (AvgIpc) is 3.32. The van der Waals surface area contributed by atoms with Crippen molar-refractivity contribution >= 4 is 40.8 Å². The van der Waals surface area contributed by atoms with Crippen molar-refractivity contribution in [1.82, 2.24) is 15.6 Å². The first-order valence-electron chi connectivity index (χ1n) is 10.8. The molecule has 2 heterocycles. The number of para-hydroxylation sites is 1. The number of aryl methyl sites for hydroxylation is 1. The van der Waals surface area contributed by atoms with Crippen LogP contribution in [-0.2, 0) is 17.8 Å². The molecule has 2 N–H and O–H groups in total. The van der Waals surface area contributed by atoms with Crippen LogP contribution in [0.5, 0.6) is 5.75 Å². The average molecular weight is 546 g/mol. The molecule has 3 aromatic rings. The van der Waals surface area contributed by atoms with E-state index in [1.807, 2.05) is 30.5 Å². The van der Waals surface area contributed by atoms with Crippen LogP contribution in [0.4, 0.5) is 0 Å². The van der Waals surface area contributed by atoms with Gasteiger partial charge in [0.15, 0.2) is 5.96 Å². The summed E-state index contributed by atoms with van der Waals surface area (Å²) in [4.78, 5) is 8.80. The van der Waals surface area contributed by atoms with Crippen molar-refractivity contribution in [2.24, 2.45) is 4.99 Å². The van der Waals surface area contributed by atoms with E-state index in [1.54, 1.807) is 7.05 Å². The lowest BCUT2D eigenvalue weighted by Crippen LogP contribution is -2.36. The third kappa shape index (κ3) is 6.32. The Kier molecular flexibility index (Phi) is 9.11. The number of rotatable bonds is 7. The number of guanidine groups is 1. The molecule has 32 heavy (non-hydrogen) atoms. The zero-order valence-corrected chi connectivity index (χ0v) is 21.0. The summed E-state index contributed by atoms with van der Waals surface area (Å²) >= 11 is 0. The Morgan fingerprint density at radius 2 is 1.94 bits per heavy atom. The number of halogens is 1. The topological polar surface area (TPSA) is 67.8 Å². The SMILES string of the molecule is CN=C(NCc1ccc(C)cc1OCC1CCCO1)NCc1ccnc2ccccc12.I. The van der Waals surface area contributed by atoms with E-state index in [-0.39, 0.29) is 30.1 Å². The molecule has 2 aromatic carbocycles. The Morgan fingerprint density at radius 1 is 1.12 bits per heavy atom. The highest BCUT2D eigenvalue weighted by Gasteiger charge is 2.17. The molecule has 1 unspecified atom stereocenters. The standard InChI is InChI=1S/C25H30N4O2.HI/c1-18-9-10-20(24(14-18)31-17-21-6-5-13-30-21)16-29-25(26-2)28-15-19-11-12-27-23-8-4-3-7-22(19)23;/h3-4,7-12,14,21H,5-6,13,15-17H2,1-2H3,(H2,26,28,29);1H. The second-order valence-electron chi connectivity index (χ2n) is 7.82. The van der Waals surface area contributed by atoms with Crippen LogP contribution in [0.3, 0.4) is 0 Å². The van der Waals surface area contributed by atoms with Crippen LogP contribution >= 0.6 is 24.0 Å². The first kappa shape index (κ1) is 24.3. The van der Waals surface area contributed by atoms with E-state index >= 15 is 0 Å². The molecule has 0 saturated carbocycles. The second kappa shape index (κ2) is 12.0. The second-order valence-corrected chi connectivity index (χ2v) is 7.82. The fraction of sp³-hybridized carbons (Fsp3) is 0.360. The van der Waals surface area contributed by atoms with E-state index in [9.17, 15) is 0 Å². The molecule has 0 spiro atoms. The molecule has 1 aromatic heterocycles. The van der Waals surface area contributed by atoms with Gasteiger partial charge in [-0.25, -0.2) is 0 Å². The fourth-order valence-electron chi connectivity index (χ4n) is 3.79. The molecule has 0 aliphatic carbocycles. The molecular formula is C25H31IN4O2. The number of hydrogen-bond donors (Lipinski definition) is 2. The highest BCUT2D eigenvalue weighted by atomic mass is 127. The van der Waals surface area contributed by atoms with Gasteiger partial charge in [0, 0.05) is 43.9 Å². The fourth-order valence-corrected chi connectivity index (χ4v) is 3.79. The molecule has 0 bridgehead atoms. The molecule has 1 atom stereocenters. The first-order valence-corrected chi connectivity index (χ1v) is 10.8. The number of nitrogens with zero attached hydrogens (tertiary/aromatic N) is 2. The number of nitrogens with one attached hydrogen (secondary N) is 2. The van der Waals surface area contributed by atoms with E-state index < -0.39 is 0 Å². The third-order valence-corrected chi connectivity index (χ3v) is 5.53. The zero-order valence-electron chi connectivity index (χ0n) is 18.6. The van der Waals surface area contributed by atoms with E-state index in [0.29, 0.717) is 19.7 Å². The van der Waals surface area contributed by atoms with Gasteiger partial charge in [0.05, 0.1) is 11.6 Å². The van der Waals surface area contributed by atoms with Gasteiger partial charge in [-0.05, 0) is 49.1 Å². The summed E-state index contributed by atoms with van der Waals surface area (Å²) in [5, 5.41) is 7.96. The minimum absolute atomic E-state index is 0. The van der Waals surface area contributed by atoms with Crippen molar-refractivity contribution in [1.29, 1.82) is 0 Å². The smallest absolute Gasteiger partial charge is 0.191 e. The molecule has 1 aliphatic heterocycles. The van der Waals surface area contributed by atoms with Gasteiger partial charge in [-0.1, -0.05) is 30.3 Å². The lowest BCUT2D eigenvalue weighted by atomic mass is 10.1. The highest BCUT2D eigenvalue weighted by Crippen LogP contribution is 2.22. The normalized spacial score (nSPS) is 15.9. The van der Waals surface area contributed by atoms with Crippen LogP contribution in [0, 0.1) is 6.92 Å². The molecule has 1 saturated heterocycles. The molecule has 1 fully saturated rings. The summed E-state index contributed by atoms with van der Waals surface area (Å²) in [7, 11) is 1.78. The molecule has 7 heteroatoms. The summed E-state index contributed by atoms with van der Waals surface area (Å²) in [5.74, 6) is 1.64. The quantitative estimate of drug-likeness (QED) is 0.258. The number of pyridine rings is 1. The summed E-state index contributed by atoms with van der Waals surface area (Å²) in [5.41, 5.74) is 4.46. The molecule has 6 nitrogen and oxygen atoms in total. The van der Waals surface area contributed by atoms with Gasteiger partial charge in [-0.2, -0.15) is 0 Å². The summed E-state index contributed by atoms with van der Waals surface area (Å²) in [6.07, 6.45) is 4.23. The van der Waals surface area contributed by atoms with E-state index in [4.69, 9.17) is 9.47 Å². The van der Waals surface area contributed by atoms with Crippen LogP contribution in [0.2, 0.25) is 0 Å². The first-order chi connectivity index (χ1) is 15.2. The van der Waals surface area contributed by atoms with Crippen LogP contribution in [0.1, 0.15) is 29.5 Å². The summed E-state index contributed by atoms with van der Waals surface area (Å²) < 4.78 is 11.8. The number of benzene rings is 2. The number of fused-ring (bicyclic) bond motifs is 1. The van der Waals surface area contributed by atoms with Gasteiger partial charge >= 0.3 is 0 Å². The third-order valence-electron chi connectivity index (χ3n) is 5.53. The van der Waals surface area contributed by atoms with E-state index in [0.717, 1.165) is 47.6 Å². The highest BCUT2D eigenvalue weighted by molar-refractivity contribution is 14.0. The van der Waals surface area contributed by atoms with Crippen LogP contribution in [0.15, 0.2) is 59.7 Å². The van der Waals surface area contributed by atoms with E-state index in [1.165, 1.54) is 11.1 Å². The Balaban J connectivity index is 0.00000289. The van der Waals surface area contributed by atoms with Gasteiger partial charge in [0.1, 0.15) is 12.4 Å². The molecule has 4 rings (SSSR count). The van der Waals surface area contributed by atoms with Crippen molar-refractivity contribution in [3.63, 3.8) is 0 Å². The van der Waals surface area contributed by atoms with Gasteiger partial charge < -0.3 is 20.1 Å².